The van der Waals surface area contributed by atoms with E-state index in [1.54, 1.807) is 17.2 Å². The highest BCUT2D eigenvalue weighted by atomic mass is 35.5. The molecule has 1 amide bonds. The molecule has 2 heterocycles. The van der Waals surface area contributed by atoms with E-state index in [9.17, 15) is 4.79 Å². The number of aromatic nitrogens is 2. The van der Waals surface area contributed by atoms with Crippen LogP contribution in [0.25, 0.3) is 10.2 Å². The molecule has 0 aliphatic heterocycles. The number of amides is 1. The van der Waals surface area contributed by atoms with E-state index in [1.807, 2.05) is 61.5 Å². The van der Waals surface area contributed by atoms with Crippen LogP contribution in [0.15, 0.2) is 66.9 Å². The lowest BCUT2D eigenvalue weighted by atomic mass is 10.1. The Bertz CT molecular complexity index is 1090. The van der Waals surface area contributed by atoms with Crippen molar-refractivity contribution < 1.29 is 4.79 Å². The van der Waals surface area contributed by atoms with Gasteiger partial charge in [0.15, 0.2) is 5.13 Å². The van der Waals surface area contributed by atoms with Crippen LogP contribution in [-0.4, -0.2) is 15.9 Å². The van der Waals surface area contributed by atoms with Crippen molar-refractivity contribution in [3.63, 3.8) is 0 Å². The molecule has 27 heavy (non-hydrogen) atoms. The molecule has 2 aromatic carbocycles. The normalized spacial score (nSPS) is 10.9. The molecule has 4 aromatic rings. The summed E-state index contributed by atoms with van der Waals surface area (Å²) in [5.74, 6) is -0.106. The first-order valence-corrected chi connectivity index (χ1v) is 9.64. The van der Waals surface area contributed by atoms with Gasteiger partial charge in [-0.1, -0.05) is 46.7 Å². The number of halogens is 1. The van der Waals surface area contributed by atoms with Crippen LogP contribution in [-0.2, 0) is 6.54 Å². The number of carbonyl (C=O) groups is 1. The molecule has 0 aliphatic rings. The second-order valence-corrected chi connectivity index (χ2v) is 7.63. The fraction of sp³-hybridized carbons (Fsp3) is 0.0952. The van der Waals surface area contributed by atoms with E-state index >= 15 is 0 Å². The second-order valence-electron chi connectivity index (χ2n) is 6.19. The largest absolute Gasteiger partial charge is 0.278 e. The fourth-order valence-electron chi connectivity index (χ4n) is 2.73. The molecule has 0 saturated carbocycles. The predicted molar refractivity (Wildman–Crippen MR) is 111 cm³/mol. The van der Waals surface area contributed by atoms with Crippen LogP contribution >= 0.6 is 22.9 Å². The van der Waals surface area contributed by atoms with Gasteiger partial charge in [-0.05, 0) is 49.4 Å². The van der Waals surface area contributed by atoms with Gasteiger partial charge in [0.2, 0.25) is 0 Å². The number of anilines is 1. The van der Waals surface area contributed by atoms with Crippen molar-refractivity contribution in [2.24, 2.45) is 0 Å². The van der Waals surface area contributed by atoms with Gasteiger partial charge in [0.05, 0.1) is 22.5 Å². The van der Waals surface area contributed by atoms with Gasteiger partial charge in [-0.25, -0.2) is 4.98 Å². The molecule has 0 saturated heterocycles. The molecular formula is C21H16ClN3OS. The molecule has 2 aromatic heterocycles. The third kappa shape index (κ3) is 3.84. The molecule has 4 nitrogen and oxygen atoms in total. The Balaban J connectivity index is 1.76. The minimum atomic E-state index is -0.106. The smallest absolute Gasteiger partial charge is 0.260 e. The maximum absolute atomic E-state index is 13.2. The van der Waals surface area contributed by atoms with Crippen molar-refractivity contribution in [1.29, 1.82) is 0 Å². The van der Waals surface area contributed by atoms with Crippen LogP contribution in [0.5, 0.6) is 0 Å². The van der Waals surface area contributed by atoms with E-state index in [-0.39, 0.29) is 5.91 Å². The van der Waals surface area contributed by atoms with Crippen molar-refractivity contribution in [1.82, 2.24) is 9.97 Å². The minimum absolute atomic E-state index is 0.106. The number of carbonyl (C=O) groups excluding carboxylic acids is 1. The third-order valence-corrected chi connectivity index (χ3v) is 5.44. The summed E-state index contributed by atoms with van der Waals surface area (Å²) in [5.41, 5.74) is 3.35. The lowest BCUT2D eigenvalue weighted by Gasteiger charge is -2.19. The van der Waals surface area contributed by atoms with Crippen LogP contribution in [0.1, 0.15) is 21.6 Å². The maximum atomic E-state index is 13.2. The van der Waals surface area contributed by atoms with Crippen molar-refractivity contribution in [3.8, 4) is 0 Å². The van der Waals surface area contributed by atoms with Crippen LogP contribution in [0.3, 0.4) is 0 Å². The first kappa shape index (κ1) is 17.6. The number of nitrogens with zero attached hydrogens (tertiary/aromatic N) is 3. The lowest BCUT2D eigenvalue weighted by Crippen LogP contribution is -2.30. The Morgan fingerprint density at radius 2 is 1.93 bits per heavy atom. The fourth-order valence-corrected chi connectivity index (χ4v) is 3.97. The number of fused-ring (bicyclic) bond motifs is 1. The summed E-state index contributed by atoms with van der Waals surface area (Å²) in [5, 5.41) is 1.28. The van der Waals surface area contributed by atoms with E-state index in [4.69, 9.17) is 11.6 Å². The van der Waals surface area contributed by atoms with Gasteiger partial charge in [0.1, 0.15) is 0 Å². The Labute approximate surface area is 166 Å². The number of rotatable bonds is 4. The molecule has 0 spiro atoms. The molecule has 0 fully saturated rings. The summed E-state index contributed by atoms with van der Waals surface area (Å²) in [4.78, 5) is 23.9. The Kier molecular flexibility index (Phi) is 4.88. The summed E-state index contributed by atoms with van der Waals surface area (Å²) in [6.45, 7) is 2.35. The van der Waals surface area contributed by atoms with Crippen molar-refractivity contribution in [2.75, 3.05) is 4.90 Å². The number of hydrogen-bond acceptors (Lipinski definition) is 4. The summed E-state index contributed by atoms with van der Waals surface area (Å²) in [6.07, 6.45) is 1.72. The molecule has 6 heteroatoms. The van der Waals surface area contributed by atoms with Crippen LogP contribution in [0, 0.1) is 6.92 Å². The van der Waals surface area contributed by atoms with Crippen LogP contribution in [0.2, 0.25) is 5.02 Å². The third-order valence-electron chi connectivity index (χ3n) is 4.16. The van der Waals surface area contributed by atoms with E-state index in [0.29, 0.717) is 22.3 Å². The van der Waals surface area contributed by atoms with E-state index in [2.05, 4.69) is 9.97 Å². The number of aryl methyl sites for hydroxylation is 1. The number of hydrogen-bond donors (Lipinski definition) is 0. The molecule has 0 N–H and O–H groups in total. The van der Waals surface area contributed by atoms with E-state index < -0.39 is 0 Å². The average Bonchev–Trinajstić information content (AvgIpc) is 3.10. The number of benzene rings is 2. The van der Waals surface area contributed by atoms with Gasteiger partial charge in [-0.2, -0.15) is 0 Å². The molecule has 134 valence electrons. The second kappa shape index (κ2) is 7.47. The lowest BCUT2D eigenvalue weighted by molar-refractivity contribution is 0.0985. The first-order valence-electron chi connectivity index (χ1n) is 8.45. The zero-order valence-electron chi connectivity index (χ0n) is 14.6. The van der Waals surface area contributed by atoms with Gasteiger partial charge in [-0.3, -0.25) is 14.7 Å². The van der Waals surface area contributed by atoms with Crippen molar-refractivity contribution >= 4 is 44.2 Å². The van der Waals surface area contributed by atoms with Crippen molar-refractivity contribution in [2.45, 2.75) is 13.5 Å². The Morgan fingerprint density at radius 3 is 2.67 bits per heavy atom. The molecule has 0 unspecified atom stereocenters. The quantitative estimate of drug-likeness (QED) is 0.460. The van der Waals surface area contributed by atoms with Gasteiger partial charge >= 0.3 is 0 Å². The number of pyridine rings is 1. The summed E-state index contributed by atoms with van der Waals surface area (Å²) in [6, 6.07) is 18.8. The highest BCUT2D eigenvalue weighted by Crippen LogP contribution is 2.32. The zero-order chi connectivity index (χ0) is 18.8. The average molecular weight is 394 g/mol. The Hall–Kier alpha value is -2.76. The monoisotopic (exact) mass is 393 g/mol. The highest BCUT2D eigenvalue weighted by Gasteiger charge is 2.22. The summed E-state index contributed by atoms with van der Waals surface area (Å²) in [7, 11) is 0. The van der Waals surface area contributed by atoms with E-state index in [0.717, 1.165) is 21.5 Å². The van der Waals surface area contributed by atoms with E-state index in [1.165, 1.54) is 11.3 Å². The van der Waals surface area contributed by atoms with Gasteiger partial charge in [-0.15, -0.1) is 0 Å². The van der Waals surface area contributed by atoms with Gasteiger partial charge in [0.25, 0.3) is 5.91 Å². The molecule has 4 rings (SSSR count). The first-order chi connectivity index (χ1) is 13.1. The standard InChI is InChI=1S/C21H16ClN3OS/c1-14-5-7-15(8-6-14)20(26)25(13-17-4-2-3-11-23-17)21-24-18-10-9-16(22)12-19(18)27-21/h2-12H,13H2,1H3. The van der Waals surface area contributed by atoms with Crippen LogP contribution in [0.4, 0.5) is 5.13 Å². The maximum Gasteiger partial charge on any atom is 0.260 e. The zero-order valence-corrected chi connectivity index (χ0v) is 16.2. The molecule has 0 bridgehead atoms. The van der Waals surface area contributed by atoms with Crippen LogP contribution < -0.4 is 4.90 Å². The molecule has 0 radical (unpaired) electrons. The Morgan fingerprint density at radius 1 is 1.11 bits per heavy atom. The molecule has 0 aliphatic carbocycles. The summed E-state index contributed by atoms with van der Waals surface area (Å²) >= 11 is 7.55. The van der Waals surface area contributed by atoms with Gasteiger partial charge < -0.3 is 0 Å². The van der Waals surface area contributed by atoms with Gasteiger partial charge in [0, 0.05) is 16.8 Å². The topological polar surface area (TPSA) is 46.1 Å². The highest BCUT2D eigenvalue weighted by molar-refractivity contribution is 7.22. The SMILES string of the molecule is Cc1ccc(C(=O)N(Cc2ccccn2)c2nc3ccc(Cl)cc3s2)cc1. The summed E-state index contributed by atoms with van der Waals surface area (Å²) < 4.78 is 0.945. The molecule has 0 atom stereocenters. The predicted octanol–water partition coefficient (Wildman–Crippen LogP) is 5.50. The van der Waals surface area contributed by atoms with Crippen molar-refractivity contribution in [3.05, 3.63) is 88.7 Å². The molecular weight excluding hydrogens is 378 g/mol. The minimum Gasteiger partial charge on any atom is -0.278 e. The number of thiazole rings is 1.